The van der Waals surface area contributed by atoms with Crippen LogP contribution < -0.4 is 5.43 Å². The molecule has 0 radical (unpaired) electrons. The summed E-state index contributed by atoms with van der Waals surface area (Å²) in [7, 11) is 4.04. The second-order valence-corrected chi connectivity index (χ2v) is 4.70. The Kier molecular flexibility index (Phi) is 4.80. The molecule has 0 amide bonds. The van der Waals surface area contributed by atoms with Crippen LogP contribution in [0.1, 0.15) is 34.1 Å². The van der Waals surface area contributed by atoms with Crippen LogP contribution in [0.15, 0.2) is 0 Å². The highest BCUT2D eigenvalue weighted by molar-refractivity contribution is 4.70. The number of nitrogens with zero attached hydrogens (tertiary/aromatic N) is 1. The van der Waals surface area contributed by atoms with Crippen LogP contribution in [-0.4, -0.2) is 25.6 Å². The van der Waals surface area contributed by atoms with E-state index in [2.05, 4.69) is 45.2 Å². The molecule has 2 heteroatoms. The SMILES string of the molecule is CNN(C)CCC(C)C(C)(C)C. The molecule has 0 aromatic heterocycles. The topological polar surface area (TPSA) is 15.3 Å². The van der Waals surface area contributed by atoms with E-state index in [-0.39, 0.29) is 0 Å². The molecule has 0 aromatic rings. The maximum Gasteiger partial charge on any atom is 0.0130 e. The third kappa shape index (κ3) is 4.73. The molecule has 0 aromatic carbocycles. The van der Waals surface area contributed by atoms with E-state index in [1.807, 2.05) is 7.05 Å². The summed E-state index contributed by atoms with van der Waals surface area (Å²) in [4.78, 5) is 0. The first-order valence-corrected chi connectivity index (χ1v) is 4.76. The Morgan fingerprint density at radius 2 is 1.83 bits per heavy atom. The van der Waals surface area contributed by atoms with Crippen molar-refractivity contribution in [1.82, 2.24) is 10.4 Å². The van der Waals surface area contributed by atoms with Crippen LogP contribution in [0, 0.1) is 11.3 Å². The number of hydrogen-bond acceptors (Lipinski definition) is 2. The van der Waals surface area contributed by atoms with E-state index in [4.69, 9.17) is 0 Å². The number of hydrazine groups is 1. The van der Waals surface area contributed by atoms with Gasteiger partial charge in [-0.1, -0.05) is 27.7 Å². The zero-order chi connectivity index (χ0) is 9.78. The lowest BCUT2D eigenvalue weighted by atomic mass is 9.80. The van der Waals surface area contributed by atoms with Gasteiger partial charge in [0.25, 0.3) is 0 Å². The van der Waals surface area contributed by atoms with E-state index >= 15 is 0 Å². The normalized spacial score (nSPS) is 15.2. The molecule has 74 valence electrons. The summed E-state index contributed by atoms with van der Waals surface area (Å²) in [6.07, 6.45) is 1.25. The van der Waals surface area contributed by atoms with Crippen LogP contribution in [0.2, 0.25) is 0 Å². The molecule has 1 atom stereocenters. The van der Waals surface area contributed by atoms with Crippen LogP contribution in [0.3, 0.4) is 0 Å². The zero-order valence-corrected chi connectivity index (χ0v) is 9.44. The molecule has 0 saturated heterocycles. The monoisotopic (exact) mass is 172 g/mol. The molecule has 2 nitrogen and oxygen atoms in total. The average molecular weight is 172 g/mol. The van der Waals surface area contributed by atoms with Crippen molar-refractivity contribution < 1.29 is 0 Å². The van der Waals surface area contributed by atoms with Crippen molar-refractivity contribution in [2.45, 2.75) is 34.1 Å². The van der Waals surface area contributed by atoms with Gasteiger partial charge in [0.05, 0.1) is 0 Å². The summed E-state index contributed by atoms with van der Waals surface area (Å²) < 4.78 is 0. The van der Waals surface area contributed by atoms with Crippen LogP contribution in [0.4, 0.5) is 0 Å². The van der Waals surface area contributed by atoms with Crippen molar-refractivity contribution in [1.29, 1.82) is 0 Å². The molecular formula is C10H24N2. The number of rotatable bonds is 4. The molecule has 0 bridgehead atoms. The minimum atomic E-state index is 0.439. The minimum absolute atomic E-state index is 0.439. The largest absolute Gasteiger partial charge is 0.259 e. The first kappa shape index (κ1) is 11.9. The van der Waals surface area contributed by atoms with Crippen molar-refractivity contribution in [2.24, 2.45) is 11.3 Å². The summed E-state index contributed by atoms with van der Waals surface area (Å²) >= 11 is 0. The van der Waals surface area contributed by atoms with Crippen molar-refractivity contribution >= 4 is 0 Å². The van der Waals surface area contributed by atoms with Crippen molar-refractivity contribution in [3.8, 4) is 0 Å². The molecule has 0 fully saturated rings. The van der Waals surface area contributed by atoms with Gasteiger partial charge in [-0.15, -0.1) is 0 Å². The highest BCUT2D eigenvalue weighted by Gasteiger charge is 2.19. The summed E-state index contributed by atoms with van der Waals surface area (Å²) in [6, 6.07) is 0. The Bertz CT molecular complexity index is 115. The molecule has 0 saturated carbocycles. The van der Waals surface area contributed by atoms with E-state index < -0.39 is 0 Å². The predicted octanol–water partition coefficient (Wildman–Crippen LogP) is 2.12. The fourth-order valence-electron chi connectivity index (χ4n) is 0.932. The van der Waals surface area contributed by atoms with E-state index in [9.17, 15) is 0 Å². The standard InChI is InChI=1S/C10H24N2/c1-9(10(2,3)4)7-8-12(6)11-5/h9,11H,7-8H2,1-6H3. The van der Waals surface area contributed by atoms with E-state index in [0.717, 1.165) is 12.5 Å². The van der Waals surface area contributed by atoms with E-state index in [1.54, 1.807) is 0 Å². The van der Waals surface area contributed by atoms with E-state index in [0.29, 0.717) is 5.41 Å². The summed E-state index contributed by atoms with van der Waals surface area (Å²) in [6.45, 7) is 10.4. The van der Waals surface area contributed by atoms with Crippen LogP contribution in [-0.2, 0) is 0 Å². The first-order chi connectivity index (χ1) is 5.38. The van der Waals surface area contributed by atoms with Crippen molar-refractivity contribution in [3.05, 3.63) is 0 Å². The predicted molar refractivity (Wildman–Crippen MR) is 54.9 cm³/mol. The molecule has 1 unspecified atom stereocenters. The maximum atomic E-state index is 3.11. The molecule has 12 heavy (non-hydrogen) atoms. The molecule has 0 aliphatic rings. The quantitative estimate of drug-likeness (QED) is 0.653. The number of nitrogens with one attached hydrogen (secondary N) is 1. The Labute approximate surface area is 77.3 Å². The van der Waals surface area contributed by atoms with Gasteiger partial charge in [-0.3, -0.25) is 5.43 Å². The van der Waals surface area contributed by atoms with Gasteiger partial charge >= 0.3 is 0 Å². The zero-order valence-electron chi connectivity index (χ0n) is 9.44. The summed E-state index contributed by atoms with van der Waals surface area (Å²) in [5, 5.41) is 2.13. The molecular weight excluding hydrogens is 148 g/mol. The van der Waals surface area contributed by atoms with Crippen LogP contribution in [0.5, 0.6) is 0 Å². The fourth-order valence-corrected chi connectivity index (χ4v) is 0.932. The van der Waals surface area contributed by atoms with Gasteiger partial charge in [0, 0.05) is 13.6 Å². The summed E-state index contributed by atoms with van der Waals surface area (Å²) in [5.41, 5.74) is 3.54. The van der Waals surface area contributed by atoms with Gasteiger partial charge in [-0.05, 0) is 24.8 Å². The molecule has 0 aliphatic carbocycles. The summed E-state index contributed by atoms with van der Waals surface area (Å²) in [5.74, 6) is 0.772. The van der Waals surface area contributed by atoms with E-state index in [1.165, 1.54) is 6.42 Å². The highest BCUT2D eigenvalue weighted by Crippen LogP contribution is 2.27. The second kappa shape index (κ2) is 4.83. The fraction of sp³-hybridized carbons (Fsp3) is 1.00. The molecule has 1 N–H and O–H groups in total. The van der Waals surface area contributed by atoms with Gasteiger partial charge in [0.2, 0.25) is 0 Å². The Morgan fingerprint density at radius 1 is 1.33 bits per heavy atom. The molecule has 0 heterocycles. The Hall–Kier alpha value is -0.0800. The lowest BCUT2D eigenvalue weighted by molar-refractivity contribution is 0.188. The van der Waals surface area contributed by atoms with Crippen LogP contribution in [0.25, 0.3) is 0 Å². The Morgan fingerprint density at radius 3 is 2.17 bits per heavy atom. The third-order valence-corrected chi connectivity index (χ3v) is 2.76. The highest BCUT2D eigenvalue weighted by atomic mass is 15.5. The van der Waals surface area contributed by atoms with Gasteiger partial charge in [-0.2, -0.15) is 0 Å². The lowest BCUT2D eigenvalue weighted by Gasteiger charge is -2.28. The van der Waals surface area contributed by atoms with Crippen LogP contribution >= 0.6 is 0 Å². The van der Waals surface area contributed by atoms with Gasteiger partial charge in [0.1, 0.15) is 0 Å². The smallest absolute Gasteiger partial charge is 0.0130 e. The average Bonchev–Trinajstić information content (AvgIpc) is 1.97. The minimum Gasteiger partial charge on any atom is -0.259 e. The van der Waals surface area contributed by atoms with Gasteiger partial charge in [0.15, 0.2) is 0 Å². The molecule has 0 rings (SSSR count). The number of hydrogen-bond donors (Lipinski definition) is 1. The van der Waals surface area contributed by atoms with Gasteiger partial charge in [-0.25, -0.2) is 5.01 Å². The van der Waals surface area contributed by atoms with Crippen molar-refractivity contribution in [3.63, 3.8) is 0 Å². The lowest BCUT2D eigenvalue weighted by Crippen LogP contribution is -2.33. The molecule has 0 aliphatic heterocycles. The van der Waals surface area contributed by atoms with Crippen molar-refractivity contribution in [2.75, 3.05) is 20.6 Å². The third-order valence-electron chi connectivity index (χ3n) is 2.76. The maximum absolute atomic E-state index is 3.11. The second-order valence-electron chi connectivity index (χ2n) is 4.70. The first-order valence-electron chi connectivity index (χ1n) is 4.76. The Balaban J connectivity index is 3.64. The molecule has 0 spiro atoms. The van der Waals surface area contributed by atoms with Gasteiger partial charge < -0.3 is 0 Å².